The van der Waals surface area contributed by atoms with E-state index in [4.69, 9.17) is 30.0 Å². The maximum absolute atomic E-state index is 15.3. The van der Waals surface area contributed by atoms with Gasteiger partial charge in [0.1, 0.15) is 23.6 Å². The van der Waals surface area contributed by atoms with Crippen LogP contribution in [-0.4, -0.2) is 143 Å². The number of likely N-dealkylation sites (tertiary alicyclic amines) is 2. The molecule has 4 bridgehead atoms. The van der Waals surface area contributed by atoms with E-state index in [9.17, 15) is 19.5 Å². The number of ether oxygens (including phenoxy) is 1. The van der Waals surface area contributed by atoms with Crippen molar-refractivity contribution in [2.24, 2.45) is 27.6 Å². The fourth-order valence-electron chi connectivity index (χ4n) is 18.9. The molecule has 7 fully saturated rings. The Bertz CT molecular complexity index is 4060. The zero-order chi connectivity index (χ0) is 67.8. The number of hydrogen-bond donors (Lipinski definition) is 5. The van der Waals surface area contributed by atoms with Gasteiger partial charge in [0.2, 0.25) is 17.7 Å². The average Bonchev–Trinajstić information content (AvgIpc) is 1.55. The van der Waals surface area contributed by atoms with Crippen LogP contribution in [-0.2, 0) is 32.1 Å². The van der Waals surface area contributed by atoms with E-state index < -0.39 is 29.5 Å². The fraction of sp³-hybridized carbons (Fsp3) is 0.573. The first-order chi connectivity index (χ1) is 46.4. The number of anilines is 4. The Morgan fingerprint density at radius 1 is 0.835 bits per heavy atom. The van der Waals surface area contributed by atoms with Crippen molar-refractivity contribution in [2.45, 2.75) is 207 Å². The Hall–Kier alpha value is -7.24. The van der Waals surface area contributed by atoms with Crippen molar-refractivity contribution in [3.8, 4) is 21.6 Å². The van der Waals surface area contributed by atoms with Gasteiger partial charge in [-0.15, -0.1) is 21.5 Å². The van der Waals surface area contributed by atoms with E-state index in [1.807, 2.05) is 101 Å². The third-order valence-electron chi connectivity index (χ3n) is 22.5. The quantitative estimate of drug-likeness (QED) is 0.0477. The molecule has 2 saturated heterocycles. The minimum Gasteiger partial charge on any atom is -0.391 e. The highest BCUT2D eigenvalue weighted by molar-refractivity contribution is 7.22. The highest BCUT2D eigenvalue weighted by atomic mass is 32.1. The van der Waals surface area contributed by atoms with Crippen LogP contribution in [0.15, 0.2) is 72.4 Å². The maximum Gasteiger partial charge on any atom is 0.270 e. The Balaban J connectivity index is 0.667. The number of aryl methyl sites for hydroxylation is 1. The number of hydrogen-bond acceptors (Lipinski definition) is 17. The van der Waals surface area contributed by atoms with E-state index in [1.54, 1.807) is 22.7 Å². The number of para-hydroxylation sites is 1. The molecular formula is C75H96N14O6S2. The minimum absolute atomic E-state index is 0.0132. The molecule has 22 heteroatoms. The Kier molecular flexibility index (Phi) is 18.3. The van der Waals surface area contributed by atoms with Gasteiger partial charge in [0, 0.05) is 73.0 Å². The molecule has 2 unspecified atom stereocenters. The van der Waals surface area contributed by atoms with Gasteiger partial charge in [-0.3, -0.25) is 23.9 Å². The fourth-order valence-corrected chi connectivity index (χ4v) is 20.6. The lowest BCUT2D eigenvalue weighted by Gasteiger charge is -2.69. The number of aliphatic hydroxyl groups is 1. The van der Waals surface area contributed by atoms with Crippen LogP contribution in [0.3, 0.4) is 0 Å². The van der Waals surface area contributed by atoms with E-state index in [0.29, 0.717) is 55.1 Å². The molecule has 3 aliphatic heterocycles. The zero-order valence-electron chi connectivity index (χ0n) is 57.9. The number of pyridine rings is 1. The summed E-state index contributed by atoms with van der Waals surface area (Å²) in [5.74, 6) is 0.732. The predicted molar refractivity (Wildman–Crippen MR) is 380 cm³/mol. The van der Waals surface area contributed by atoms with Gasteiger partial charge in [0.05, 0.1) is 56.8 Å². The molecule has 5 aromatic heterocycles. The second-order valence-electron chi connectivity index (χ2n) is 31.7. The Labute approximate surface area is 577 Å². The van der Waals surface area contributed by atoms with Gasteiger partial charge in [-0.1, -0.05) is 82.4 Å². The van der Waals surface area contributed by atoms with Crippen LogP contribution in [0, 0.1) is 48.3 Å². The molecule has 5 N–H and O–H groups in total. The van der Waals surface area contributed by atoms with Crippen molar-refractivity contribution < 1.29 is 29.0 Å². The van der Waals surface area contributed by atoms with Crippen LogP contribution in [0.5, 0.6) is 0 Å². The normalized spacial score (nSPS) is 26.9. The standard InChI is InChI=1S/C75H96N14O6S2/c1-45-54-15-14-30-87(66(54)85-84-65(45)83-70-80-57-16-10-11-17-59(57)97-70)60-27-26-55(56-35-77-89(48(56)4)43-74-38-72(8)37-73(9,39-74)41-75(40-72,42-74)95-32-31-86-28-12-13-29-86)62(81-60)68(93)79-52-24-18-49(19-25-52)33-61(91)82-64(71(5,6)7)69(94)88-36-53(90)34-58(88)67(92)78-46(2)50-20-22-51(23-21-50)63-47(3)76-44-96-63/h10-11,16-17,20-23,26-27,35,44,46,49,52-53,58,64,90H,12-15,18-19,24-25,28-34,36-43H2,1-9H3,(H,78,92)(H,79,93)(H,82,91)(H,80,83,84)/t46-,49?,52?,53-,58+,64-,72-,73+,74?,75?/m1/s1. The van der Waals surface area contributed by atoms with Gasteiger partial charge in [-0.05, 0) is 194 Å². The zero-order valence-corrected chi connectivity index (χ0v) is 59.6. The number of amides is 4. The topological polar surface area (TPSA) is 238 Å². The Morgan fingerprint density at radius 3 is 2.31 bits per heavy atom. The molecular weight excluding hydrogens is 1260 g/mol. The van der Waals surface area contributed by atoms with Crippen molar-refractivity contribution in [3.05, 3.63) is 106 Å². The van der Waals surface area contributed by atoms with Crippen LogP contribution >= 0.6 is 22.7 Å². The second kappa shape index (κ2) is 26.5. The molecule has 5 aliphatic carbocycles. The van der Waals surface area contributed by atoms with Gasteiger partial charge < -0.3 is 45.8 Å². The number of nitrogens with zero attached hydrogens (tertiary/aromatic N) is 10. The lowest BCUT2D eigenvalue weighted by atomic mass is 9.39. The highest BCUT2D eigenvalue weighted by Gasteiger charge is 2.66. The van der Waals surface area contributed by atoms with Crippen LogP contribution in [0.25, 0.3) is 31.8 Å². The van der Waals surface area contributed by atoms with E-state index in [-0.39, 0.29) is 77.0 Å². The number of benzene rings is 2. The number of carbonyl (C=O) groups excluding carboxylic acids is 4. The van der Waals surface area contributed by atoms with Gasteiger partial charge in [-0.2, -0.15) is 5.10 Å². The number of fused-ring (bicyclic) bond motifs is 2. The molecule has 8 aliphatic rings. The number of rotatable bonds is 20. The third kappa shape index (κ3) is 13.8. The van der Waals surface area contributed by atoms with Crippen molar-refractivity contribution >= 4 is 79.1 Å². The summed E-state index contributed by atoms with van der Waals surface area (Å²) in [5.41, 5.74) is 10.2. The largest absolute Gasteiger partial charge is 0.391 e. The van der Waals surface area contributed by atoms with E-state index in [0.717, 1.165) is 130 Å². The van der Waals surface area contributed by atoms with Crippen molar-refractivity contribution in [1.82, 2.24) is 60.7 Å². The van der Waals surface area contributed by atoms with Gasteiger partial charge in [-0.25, -0.2) is 15.0 Å². The first-order valence-electron chi connectivity index (χ1n) is 35.5. The molecule has 5 saturated carbocycles. The Morgan fingerprint density at radius 2 is 1.59 bits per heavy atom. The molecule has 2 aromatic carbocycles. The van der Waals surface area contributed by atoms with Crippen LogP contribution in [0.4, 0.5) is 22.6 Å². The van der Waals surface area contributed by atoms with Crippen LogP contribution in [0.1, 0.15) is 182 Å². The number of thiazole rings is 2. The van der Waals surface area contributed by atoms with E-state index in [1.165, 1.54) is 37.3 Å². The molecule has 0 radical (unpaired) electrons. The molecule has 97 heavy (non-hydrogen) atoms. The first-order valence-corrected chi connectivity index (χ1v) is 37.2. The summed E-state index contributed by atoms with van der Waals surface area (Å²) in [7, 11) is 0. The number of nitrogens with one attached hydrogen (secondary N) is 4. The number of aromatic nitrogens is 7. The summed E-state index contributed by atoms with van der Waals surface area (Å²) in [6.07, 6.45) is 15.0. The summed E-state index contributed by atoms with van der Waals surface area (Å²) in [6.45, 7) is 24.4. The lowest BCUT2D eigenvalue weighted by molar-refractivity contribution is -0.248. The molecule has 0 spiro atoms. The molecule has 7 aromatic rings. The van der Waals surface area contributed by atoms with Crippen molar-refractivity contribution in [3.63, 3.8) is 0 Å². The van der Waals surface area contributed by atoms with E-state index in [2.05, 4.69) is 74.5 Å². The van der Waals surface area contributed by atoms with Gasteiger partial charge >= 0.3 is 0 Å². The molecule has 20 nitrogen and oxygen atoms in total. The molecule has 514 valence electrons. The third-order valence-corrected chi connectivity index (χ3v) is 24.5. The second-order valence-corrected chi connectivity index (χ2v) is 33.6. The summed E-state index contributed by atoms with van der Waals surface area (Å²) < 4.78 is 10.5. The molecule has 4 amide bonds. The summed E-state index contributed by atoms with van der Waals surface area (Å²) >= 11 is 3.16. The van der Waals surface area contributed by atoms with Gasteiger partial charge in [0.25, 0.3) is 5.91 Å². The maximum atomic E-state index is 15.3. The molecule has 8 atom stereocenters. The molecule has 15 rings (SSSR count). The number of aliphatic hydroxyl groups excluding tert-OH is 1. The minimum atomic E-state index is -0.950. The van der Waals surface area contributed by atoms with E-state index >= 15 is 4.79 Å². The highest BCUT2D eigenvalue weighted by Crippen LogP contribution is 2.72. The number of carbonyl (C=O) groups is 4. The predicted octanol–water partition coefficient (Wildman–Crippen LogP) is 12.5. The smallest absolute Gasteiger partial charge is 0.270 e. The number of β-amino-alcohol motifs (C(OH)–C–C–N with tert-alkyl or cyclic N) is 1. The van der Waals surface area contributed by atoms with Crippen molar-refractivity contribution in [2.75, 3.05) is 49.5 Å². The summed E-state index contributed by atoms with van der Waals surface area (Å²) in [5, 5.41) is 39.6. The first kappa shape index (κ1) is 67.0. The summed E-state index contributed by atoms with van der Waals surface area (Å²) in [6, 6.07) is 17.8. The summed E-state index contributed by atoms with van der Waals surface area (Å²) in [4.78, 5) is 79.9. The lowest BCUT2D eigenvalue weighted by Crippen LogP contribution is -2.64. The van der Waals surface area contributed by atoms with Crippen LogP contribution in [0.2, 0.25) is 0 Å². The molecule has 8 heterocycles. The van der Waals surface area contributed by atoms with Gasteiger partial charge in [0.15, 0.2) is 16.8 Å². The SMILES string of the molecule is Cc1ncsc1-c1ccc([C@@H](C)NC(=O)[C@@H]2C[C@@H](O)CN2C(=O)[C@@H](NC(=O)CC2CCC(NC(=O)c3nc(N4CCCc5c4nnc(Nc4nc6ccccc6s4)c5C)ccc3-c3cnn(CC45CC6(OCCN7CCCC7)C[C@](C)(C4)C[C@](C)(C5)C6)c3C)CC2)C(C)(C)C)cc1. The monoisotopic (exact) mass is 1350 g/mol. The average molecular weight is 1350 g/mol. The van der Waals surface area contributed by atoms with Crippen LogP contribution < -0.4 is 26.2 Å². The van der Waals surface area contributed by atoms with Crippen molar-refractivity contribution in [1.29, 1.82) is 0 Å².